The van der Waals surface area contributed by atoms with Crippen molar-refractivity contribution in [2.75, 3.05) is 39.5 Å². The van der Waals surface area contributed by atoms with Crippen LogP contribution in [-0.2, 0) is 9.53 Å². The second kappa shape index (κ2) is 9.92. The molecule has 0 saturated carbocycles. The molecule has 6 heteroatoms. The van der Waals surface area contributed by atoms with Gasteiger partial charge in [0.2, 0.25) is 0 Å². The number of ether oxygens (including phenoxy) is 2. The fourth-order valence-electron chi connectivity index (χ4n) is 3.17. The summed E-state index contributed by atoms with van der Waals surface area (Å²) in [7, 11) is 0. The van der Waals surface area contributed by atoms with Gasteiger partial charge in [-0.2, -0.15) is 0 Å². The third-order valence-corrected chi connectivity index (χ3v) is 5.28. The highest BCUT2D eigenvalue weighted by molar-refractivity contribution is 6.31. The molecule has 2 aromatic carbocycles. The topological polar surface area (TPSA) is 50.8 Å². The number of aryl methyl sites for hydroxylation is 2. The normalized spacial score (nSPS) is 15.8. The average molecular weight is 403 g/mol. The zero-order valence-electron chi connectivity index (χ0n) is 16.4. The van der Waals surface area contributed by atoms with E-state index in [0.717, 1.165) is 44.0 Å². The van der Waals surface area contributed by atoms with E-state index in [1.807, 2.05) is 13.0 Å². The van der Waals surface area contributed by atoms with Gasteiger partial charge in [-0.05, 0) is 43.2 Å². The van der Waals surface area contributed by atoms with Gasteiger partial charge in [0.05, 0.1) is 19.3 Å². The van der Waals surface area contributed by atoms with Crippen molar-refractivity contribution in [2.45, 2.75) is 19.9 Å². The quantitative estimate of drug-likeness (QED) is 0.769. The van der Waals surface area contributed by atoms with Gasteiger partial charge in [0.25, 0.3) is 5.91 Å². The molecule has 1 N–H and O–H groups in total. The summed E-state index contributed by atoms with van der Waals surface area (Å²) in [4.78, 5) is 14.9. The van der Waals surface area contributed by atoms with Crippen LogP contribution in [0.15, 0.2) is 42.5 Å². The number of rotatable bonds is 7. The Morgan fingerprint density at radius 3 is 2.57 bits per heavy atom. The highest BCUT2D eigenvalue weighted by Crippen LogP contribution is 2.21. The Morgan fingerprint density at radius 2 is 1.89 bits per heavy atom. The van der Waals surface area contributed by atoms with Crippen molar-refractivity contribution >= 4 is 17.5 Å². The molecule has 1 aliphatic heterocycles. The summed E-state index contributed by atoms with van der Waals surface area (Å²) in [6, 6.07) is 13.6. The molecule has 5 nitrogen and oxygen atoms in total. The standard InChI is InChI=1S/C22H27ClN2O3/c1-16-3-5-18(6-4-16)21(14-25-9-11-27-12-10-25)24-22(26)15-28-19-7-8-20(23)17(2)13-19/h3-8,13,21H,9-12,14-15H2,1-2H3,(H,24,26)/t21-/m1/s1. The van der Waals surface area contributed by atoms with Crippen LogP contribution in [0.4, 0.5) is 0 Å². The van der Waals surface area contributed by atoms with Crippen LogP contribution in [0.1, 0.15) is 22.7 Å². The molecule has 0 unspecified atom stereocenters. The van der Waals surface area contributed by atoms with Crippen LogP contribution in [-0.4, -0.2) is 50.3 Å². The maximum atomic E-state index is 12.6. The Bertz CT molecular complexity index is 789. The number of benzene rings is 2. The SMILES string of the molecule is Cc1ccc([C@@H](CN2CCOCC2)NC(=O)COc2ccc(Cl)c(C)c2)cc1. The van der Waals surface area contributed by atoms with E-state index in [0.29, 0.717) is 10.8 Å². The molecule has 1 heterocycles. The number of carbonyl (C=O) groups is 1. The second-order valence-electron chi connectivity index (χ2n) is 7.14. The van der Waals surface area contributed by atoms with Gasteiger partial charge >= 0.3 is 0 Å². The van der Waals surface area contributed by atoms with Gasteiger partial charge in [0.1, 0.15) is 5.75 Å². The van der Waals surface area contributed by atoms with Gasteiger partial charge in [0.15, 0.2) is 6.61 Å². The first-order chi connectivity index (χ1) is 13.5. The predicted molar refractivity (Wildman–Crippen MR) is 111 cm³/mol. The monoisotopic (exact) mass is 402 g/mol. The fourth-order valence-corrected chi connectivity index (χ4v) is 3.28. The van der Waals surface area contributed by atoms with E-state index in [9.17, 15) is 4.79 Å². The molecule has 0 aliphatic carbocycles. The number of carbonyl (C=O) groups excluding carboxylic acids is 1. The second-order valence-corrected chi connectivity index (χ2v) is 7.55. The van der Waals surface area contributed by atoms with E-state index >= 15 is 0 Å². The lowest BCUT2D eigenvalue weighted by molar-refractivity contribution is -0.124. The number of hydrogen-bond donors (Lipinski definition) is 1. The van der Waals surface area contributed by atoms with Crippen LogP contribution in [0.3, 0.4) is 0 Å². The van der Waals surface area contributed by atoms with Gasteiger partial charge in [-0.15, -0.1) is 0 Å². The largest absolute Gasteiger partial charge is 0.484 e. The van der Waals surface area contributed by atoms with E-state index in [1.54, 1.807) is 12.1 Å². The van der Waals surface area contributed by atoms with Gasteiger partial charge in [-0.1, -0.05) is 41.4 Å². The molecular formula is C22H27ClN2O3. The highest BCUT2D eigenvalue weighted by Gasteiger charge is 2.20. The molecule has 0 aromatic heterocycles. The lowest BCUT2D eigenvalue weighted by atomic mass is 10.0. The van der Waals surface area contributed by atoms with Crippen molar-refractivity contribution in [3.8, 4) is 5.75 Å². The van der Waals surface area contributed by atoms with Crippen molar-refractivity contribution in [3.05, 3.63) is 64.2 Å². The summed E-state index contributed by atoms with van der Waals surface area (Å²) in [5, 5.41) is 3.81. The molecule has 0 radical (unpaired) electrons. The van der Waals surface area contributed by atoms with Crippen LogP contribution in [0, 0.1) is 13.8 Å². The Kier molecular flexibility index (Phi) is 7.31. The van der Waals surface area contributed by atoms with Crippen molar-refractivity contribution < 1.29 is 14.3 Å². The van der Waals surface area contributed by atoms with E-state index < -0.39 is 0 Å². The molecule has 28 heavy (non-hydrogen) atoms. The van der Waals surface area contributed by atoms with Crippen molar-refractivity contribution in [2.24, 2.45) is 0 Å². The Balaban J connectivity index is 1.62. The molecule has 0 bridgehead atoms. The van der Waals surface area contributed by atoms with Crippen LogP contribution in [0.2, 0.25) is 5.02 Å². The van der Waals surface area contributed by atoms with E-state index in [-0.39, 0.29) is 18.6 Å². The first kappa shape index (κ1) is 20.6. The maximum Gasteiger partial charge on any atom is 0.258 e. The molecule has 1 saturated heterocycles. The Morgan fingerprint density at radius 1 is 1.18 bits per heavy atom. The van der Waals surface area contributed by atoms with Crippen LogP contribution < -0.4 is 10.1 Å². The molecule has 0 spiro atoms. The Labute approximate surface area is 171 Å². The smallest absolute Gasteiger partial charge is 0.258 e. The minimum Gasteiger partial charge on any atom is -0.484 e. The summed E-state index contributed by atoms with van der Waals surface area (Å²) in [5.41, 5.74) is 3.21. The maximum absolute atomic E-state index is 12.6. The molecule has 150 valence electrons. The van der Waals surface area contributed by atoms with Crippen LogP contribution in [0.25, 0.3) is 0 Å². The first-order valence-corrected chi connectivity index (χ1v) is 9.94. The zero-order valence-corrected chi connectivity index (χ0v) is 17.2. The molecule has 1 atom stereocenters. The van der Waals surface area contributed by atoms with Gasteiger partial charge in [-0.3, -0.25) is 9.69 Å². The average Bonchev–Trinajstić information content (AvgIpc) is 2.70. The summed E-state index contributed by atoms with van der Waals surface area (Å²) >= 11 is 6.04. The van der Waals surface area contributed by atoms with Crippen LogP contribution in [0.5, 0.6) is 5.75 Å². The predicted octanol–water partition coefficient (Wildman–Crippen LogP) is 3.53. The molecule has 1 aliphatic rings. The number of amides is 1. The number of halogens is 1. The fraction of sp³-hybridized carbons (Fsp3) is 0.409. The third kappa shape index (κ3) is 5.96. The van der Waals surface area contributed by atoms with E-state index in [2.05, 4.69) is 41.4 Å². The van der Waals surface area contributed by atoms with E-state index in [4.69, 9.17) is 21.1 Å². The number of nitrogens with one attached hydrogen (secondary N) is 1. The summed E-state index contributed by atoms with van der Waals surface area (Å²) in [6.07, 6.45) is 0. The minimum absolute atomic E-state index is 0.0352. The van der Waals surface area contributed by atoms with Gasteiger partial charge in [0, 0.05) is 24.7 Å². The number of nitrogens with zero attached hydrogens (tertiary/aromatic N) is 1. The number of morpholine rings is 1. The van der Waals surface area contributed by atoms with Crippen molar-refractivity contribution in [1.82, 2.24) is 10.2 Å². The molecule has 2 aromatic rings. The zero-order chi connectivity index (χ0) is 19.9. The summed E-state index contributed by atoms with van der Waals surface area (Å²) in [6.45, 7) is 7.88. The molecule has 1 amide bonds. The van der Waals surface area contributed by atoms with Crippen LogP contribution >= 0.6 is 11.6 Å². The third-order valence-electron chi connectivity index (χ3n) is 4.86. The molecule has 1 fully saturated rings. The summed E-state index contributed by atoms with van der Waals surface area (Å²) in [5.74, 6) is 0.489. The minimum atomic E-state index is -0.147. The van der Waals surface area contributed by atoms with Crippen molar-refractivity contribution in [3.63, 3.8) is 0 Å². The number of hydrogen-bond acceptors (Lipinski definition) is 4. The molecule has 3 rings (SSSR count). The Hall–Kier alpha value is -2.08. The first-order valence-electron chi connectivity index (χ1n) is 9.56. The lowest BCUT2D eigenvalue weighted by Crippen LogP contribution is -2.44. The van der Waals surface area contributed by atoms with Crippen molar-refractivity contribution in [1.29, 1.82) is 0 Å². The summed E-state index contributed by atoms with van der Waals surface area (Å²) < 4.78 is 11.1. The molecular weight excluding hydrogens is 376 g/mol. The van der Waals surface area contributed by atoms with E-state index in [1.165, 1.54) is 5.56 Å². The lowest BCUT2D eigenvalue weighted by Gasteiger charge is -2.31. The highest BCUT2D eigenvalue weighted by atomic mass is 35.5. The van der Waals surface area contributed by atoms with Gasteiger partial charge in [-0.25, -0.2) is 0 Å². The van der Waals surface area contributed by atoms with Gasteiger partial charge < -0.3 is 14.8 Å².